The Morgan fingerprint density at radius 3 is 2.57 bits per heavy atom. The molecular formula is C17H18N4. The highest BCUT2D eigenvalue weighted by atomic mass is 15.2. The van der Waals surface area contributed by atoms with Crippen LogP contribution in [0.25, 0.3) is 5.65 Å². The lowest BCUT2D eigenvalue weighted by atomic mass is 10.1. The lowest BCUT2D eigenvalue weighted by Crippen LogP contribution is -2.31. The maximum Gasteiger partial charge on any atom is 0.160 e. The molecule has 0 aliphatic heterocycles. The Balaban J connectivity index is 1.37. The van der Waals surface area contributed by atoms with Crippen LogP contribution in [0.5, 0.6) is 0 Å². The number of pyridine rings is 1. The molecule has 0 atom stereocenters. The molecule has 1 aromatic carbocycles. The van der Waals surface area contributed by atoms with Gasteiger partial charge in [0.25, 0.3) is 0 Å². The molecule has 3 aromatic rings. The molecule has 0 unspecified atom stereocenters. The predicted octanol–water partition coefficient (Wildman–Crippen LogP) is 2.03. The Morgan fingerprint density at radius 2 is 1.76 bits per heavy atom. The van der Waals surface area contributed by atoms with Crippen molar-refractivity contribution >= 4 is 5.65 Å². The molecular weight excluding hydrogens is 260 g/mol. The van der Waals surface area contributed by atoms with Gasteiger partial charge in [0.15, 0.2) is 5.65 Å². The zero-order valence-electron chi connectivity index (χ0n) is 11.9. The minimum Gasteiger partial charge on any atom is -0.313 e. The van der Waals surface area contributed by atoms with E-state index < -0.39 is 0 Å². The highest BCUT2D eigenvalue weighted by Crippen LogP contribution is 2.21. The molecule has 0 saturated heterocycles. The van der Waals surface area contributed by atoms with Crippen LogP contribution in [0.15, 0.2) is 48.7 Å². The quantitative estimate of drug-likeness (QED) is 0.794. The van der Waals surface area contributed by atoms with Crippen molar-refractivity contribution in [1.29, 1.82) is 0 Å². The van der Waals surface area contributed by atoms with Crippen molar-refractivity contribution in [2.75, 3.05) is 6.54 Å². The molecule has 0 saturated carbocycles. The molecule has 4 rings (SSSR count). The van der Waals surface area contributed by atoms with Crippen LogP contribution in [0.2, 0.25) is 0 Å². The van der Waals surface area contributed by atoms with E-state index in [2.05, 4.69) is 44.2 Å². The summed E-state index contributed by atoms with van der Waals surface area (Å²) in [5, 5.41) is 12.1. The summed E-state index contributed by atoms with van der Waals surface area (Å²) in [6, 6.07) is 15.3. The number of hydrogen-bond donors (Lipinski definition) is 1. The van der Waals surface area contributed by atoms with Crippen LogP contribution >= 0.6 is 0 Å². The lowest BCUT2D eigenvalue weighted by molar-refractivity contribution is 0.531. The fraction of sp³-hybridized carbons (Fsp3) is 0.294. The Kier molecular flexibility index (Phi) is 3.16. The van der Waals surface area contributed by atoms with E-state index in [1.807, 2.05) is 24.4 Å². The molecule has 1 aliphatic rings. The van der Waals surface area contributed by atoms with E-state index in [1.165, 1.54) is 11.1 Å². The molecule has 4 heteroatoms. The highest BCUT2D eigenvalue weighted by Gasteiger charge is 2.20. The van der Waals surface area contributed by atoms with Crippen molar-refractivity contribution in [3.63, 3.8) is 0 Å². The Morgan fingerprint density at radius 1 is 1.00 bits per heavy atom. The molecule has 0 fully saturated rings. The normalized spacial score (nSPS) is 14.7. The number of nitrogens with one attached hydrogen (secondary N) is 1. The van der Waals surface area contributed by atoms with E-state index >= 15 is 0 Å². The van der Waals surface area contributed by atoms with Crippen LogP contribution in [-0.4, -0.2) is 27.2 Å². The van der Waals surface area contributed by atoms with Gasteiger partial charge < -0.3 is 5.32 Å². The van der Waals surface area contributed by atoms with Gasteiger partial charge in [-0.25, -0.2) is 0 Å². The number of rotatable bonds is 4. The summed E-state index contributed by atoms with van der Waals surface area (Å²) in [5.41, 5.74) is 3.90. The van der Waals surface area contributed by atoms with Crippen molar-refractivity contribution in [1.82, 2.24) is 19.9 Å². The van der Waals surface area contributed by atoms with Crippen molar-refractivity contribution in [3.8, 4) is 0 Å². The molecule has 21 heavy (non-hydrogen) atoms. The first kappa shape index (κ1) is 12.5. The molecule has 2 heterocycles. The van der Waals surface area contributed by atoms with Crippen molar-refractivity contribution in [2.45, 2.75) is 25.3 Å². The summed E-state index contributed by atoms with van der Waals surface area (Å²) in [6.07, 6.45) is 5.20. The zero-order chi connectivity index (χ0) is 14.1. The number of hydrogen-bond acceptors (Lipinski definition) is 3. The van der Waals surface area contributed by atoms with Gasteiger partial charge in [-0.1, -0.05) is 30.3 Å². The molecule has 4 nitrogen and oxygen atoms in total. The monoisotopic (exact) mass is 278 g/mol. The van der Waals surface area contributed by atoms with Gasteiger partial charge in [-0.2, -0.15) is 0 Å². The minimum absolute atomic E-state index is 0.557. The van der Waals surface area contributed by atoms with E-state index in [0.29, 0.717) is 6.04 Å². The van der Waals surface area contributed by atoms with Crippen LogP contribution in [0.1, 0.15) is 17.0 Å². The summed E-state index contributed by atoms with van der Waals surface area (Å²) in [4.78, 5) is 0. The Bertz CT molecular complexity index is 737. The fourth-order valence-electron chi connectivity index (χ4n) is 3.15. The second-order valence-electron chi connectivity index (χ2n) is 5.62. The van der Waals surface area contributed by atoms with Gasteiger partial charge >= 0.3 is 0 Å². The van der Waals surface area contributed by atoms with Crippen LogP contribution < -0.4 is 5.32 Å². The lowest BCUT2D eigenvalue weighted by Gasteiger charge is -2.11. The maximum atomic E-state index is 4.27. The molecule has 1 aliphatic carbocycles. The zero-order valence-corrected chi connectivity index (χ0v) is 11.9. The van der Waals surface area contributed by atoms with Gasteiger partial charge in [0.05, 0.1) is 0 Å². The van der Waals surface area contributed by atoms with Gasteiger partial charge in [0, 0.05) is 25.2 Å². The molecule has 0 radical (unpaired) electrons. The first-order chi connectivity index (χ1) is 10.4. The molecule has 106 valence electrons. The largest absolute Gasteiger partial charge is 0.313 e. The second-order valence-corrected chi connectivity index (χ2v) is 5.62. The number of aromatic nitrogens is 3. The number of benzene rings is 1. The average molecular weight is 278 g/mol. The summed E-state index contributed by atoms with van der Waals surface area (Å²) in [7, 11) is 0. The van der Waals surface area contributed by atoms with Gasteiger partial charge in [-0.15, -0.1) is 10.2 Å². The first-order valence-corrected chi connectivity index (χ1v) is 7.49. The summed E-state index contributed by atoms with van der Waals surface area (Å²) < 4.78 is 2.06. The van der Waals surface area contributed by atoms with Crippen molar-refractivity contribution in [3.05, 3.63) is 65.6 Å². The summed E-state index contributed by atoms with van der Waals surface area (Å²) >= 11 is 0. The summed E-state index contributed by atoms with van der Waals surface area (Å²) in [6.45, 7) is 0.939. The second kappa shape index (κ2) is 5.30. The molecule has 1 N–H and O–H groups in total. The third-order valence-electron chi connectivity index (χ3n) is 4.22. The van der Waals surface area contributed by atoms with E-state index in [4.69, 9.17) is 0 Å². The molecule has 2 aromatic heterocycles. The smallest absolute Gasteiger partial charge is 0.160 e. The molecule has 0 amide bonds. The van der Waals surface area contributed by atoms with Gasteiger partial charge in [-0.05, 0) is 36.1 Å². The van der Waals surface area contributed by atoms with E-state index in [1.54, 1.807) is 0 Å². The van der Waals surface area contributed by atoms with Gasteiger partial charge in [0.1, 0.15) is 5.82 Å². The molecule has 0 bridgehead atoms. The van der Waals surface area contributed by atoms with Crippen LogP contribution in [0.4, 0.5) is 0 Å². The minimum atomic E-state index is 0.557. The number of nitrogens with zero attached hydrogens (tertiary/aromatic N) is 3. The van der Waals surface area contributed by atoms with E-state index in [9.17, 15) is 0 Å². The van der Waals surface area contributed by atoms with Crippen LogP contribution in [0.3, 0.4) is 0 Å². The third kappa shape index (κ3) is 2.43. The first-order valence-electron chi connectivity index (χ1n) is 7.49. The van der Waals surface area contributed by atoms with Crippen LogP contribution in [-0.2, 0) is 19.3 Å². The molecule has 0 spiro atoms. The van der Waals surface area contributed by atoms with Crippen LogP contribution in [0, 0.1) is 0 Å². The Hall–Kier alpha value is -2.20. The van der Waals surface area contributed by atoms with E-state index in [-0.39, 0.29) is 0 Å². The number of fused-ring (bicyclic) bond motifs is 2. The van der Waals surface area contributed by atoms with E-state index in [0.717, 1.165) is 37.3 Å². The average Bonchev–Trinajstić information content (AvgIpc) is 3.11. The van der Waals surface area contributed by atoms with Crippen molar-refractivity contribution in [2.24, 2.45) is 0 Å². The topological polar surface area (TPSA) is 42.2 Å². The maximum absolute atomic E-state index is 4.27. The highest BCUT2D eigenvalue weighted by molar-refractivity contribution is 5.37. The summed E-state index contributed by atoms with van der Waals surface area (Å²) in [5.74, 6) is 1.02. The van der Waals surface area contributed by atoms with Crippen molar-refractivity contribution < 1.29 is 0 Å². The standard InChI is InChI=1S/C17H18N4/c1-2-6-14-12-15(11-13(14)5-1)18-9-8-17-20-19-16-7-3-4-10-21(16)17/h1-7,10,15,18H,8-9,11-12H2. The third-order valence-corrected chi connectivity index (χ3v) is 4.22. The van der Waals surface area contributed by atoms with Gasteiger partial charge in [-0.3, -0.25) is 4.40 Å². The predicted molar refractivity (Wildman–Crippen MR) is 82.3 cm³/mol. The SMILES string of the molecule is c1ccc2c(c1)CC(NCCc1nnc3ccccn13)C2. The Labute approximate surface area is 123 Å². The van der Waals surface area contributed by atoms with Gasteiger partial charge in [0.2, 0.25) is 0 Å². The fourth-order valence-corrected chi connectivity index (χ4v) is 3.15.